The molecule has 3 heterocycles. The van der Waals surface area contributed by atoms with Crippen LogP contribution in [-0.2, 0) is 4.79 Å². The van der Waals surface area contributed by atoms with Crippen LogP contribution in [0.1, 0.15) is 37.4 Å². The molecule has 1 amide bonds. The number of thioether (sulfide) groups is 1. The third-order valence-corrected chi connectivity index (χ3v) is 7.29. The van der Waals surface area contributed by atoms with Crippen molar-refractivity contribution in [2.24, 2.45) is 0 Å². The van der Waals surface area contributed by atoms with Crippen LogP contribution in [0.25, 0.3) is 16.7 Å². The Hall–Kier alpha value is -2.32. The smallest absolute Gasteiger partial charge is 0.236 e. The summed E-state index contributed by atoms with van der Waals surface area (Å²) in [5.41, 5.74) is 3.20. The van der Waals surface area contributed by atoms with Gasteiger partial charge in [-0.25, -0.2) is 4.98 Å². The number of H-pyrrole nitrogens is 1. The van der Waals surface area contributed by atoms with Gasteiger partial charge < -0.3 is 4.90 Å². The van der Waals surface area contributed by atoms with E-state index in [2.05, 4.69) is 10.2 Å². The normalized spacial score (nSPS) is 15.1. The number of hydrogen-bond donors (Lipinski definition) is 2. The predicted molar refractivity (Wildman–Crippen MR) is 119 cm³/mol. The number of amides is 1. The minimum atomic E-state index is -0.266. The molecule has 2 aromatic heterocycles. The van der Waals surface area contributed by atoms with Gasteiger partial charge in [0.25, 0.3) is 0 Å². The molecule has 4 rings (SSSR count). The number of aryl methyl sites for hydroxylation is 1. The number of nitrogens with one attached hydrogen (secondary N) is 2. The van der Waals surface area contributed by atoms with Crippen LogP contribution >= 0.6 is 23.4 Å². The average Bonchev–Trinajstić information content (AvgIpc) is 3.39. The van der Waals surface area contributed by atoms with Crippen molar-refractivity contribution in [3.8, 4) is 5.69 Å². The van der Waals surface area contributed by atoms with Crippen molar-refractivity contribution in [2.45, 2.75) is 50.4 Å². The first-order valence-electron chi connectivity index (χ1n) is 10.2. The third kappa shape index (κ3) is 3.63. The topological polar surface area (TPSA) is 90.7 Å². The summed E-state index contributed by atoms with van der Waals surface area (Å²) < 4.78 is 1.79. The maximum absolute atomic E-state index is 13.1. The van der Waals surface area contributed by atoms with Gasteiger partial charge >= 0.3 is 0 Å². The predicted octanol–water partition coefficient (Wildman–Crippen LogP) is 3.99. The Kier molecular flexibility index (Phi) is 5.88. The molecular formula is C21H25ClN6OS. The maximum atomic E-state index is 13.1. The van der Waals surface area contributed by atoms with E-state index < -0.39 is 0 Å². The van der Waals surface area contributed by atoms with Crippen LogP contribution in [-0.4, -0.2) is 48.9 Å². The average molecular weight is 445 g/mol. The molecule has 158 valence electrons. The molecule has 1 aliphatic rings. The number of halogens is 1. The van der Waals surface area contributed by atoms with E-state index >= 15 is 0 Å². The van der Waals surface area contributed by atoms with Crippen molar-refractivity contribution < 1.29 is 4.79 Å². The lowest BCUT2D eigenvalue weighted by Crippen LogP contribution is -2.36. The zero-order valence-electron chi connectivity index (χ0n) is 17.3. The SMILES string of the molecule is CCC(Sc1nc2n[nH]c(C)c2c(=N)n1-c1cccc(Cl)c1C)C(=O)N1CCCC1. The van der Waals surface area contributed by atoms with Crippen LogP contribution in [0, 0.1) is 19.3 Å². The van der Waals surface area contributed by atoms with E-state index in [1.165, 1.54) is 11.8 Å². The highest BCUT2D eigenvalue weighted by atomic mass is 35.5. The highest BCUT2D eigenvalue weighted by molar-refractivity contribution is 8.00. The van der Waals surface area contributed by atoms with Crippen molar-refractivity contribution in [3.63, 3.8) is 0 Å². The molecule has 2 N–H and O–H groups in total. The Morgan fingerprint density at radius 1 is 1.33 bits per heavy atom. The van der Waals surface area contributed by atoms with Gasteiger partial charge in [-0.2, -0.15) is 5.10 Å². The van der Waals surface area contributed by atoms with E-state index in [1.807, 2.05) is 43.9 Å². The summed E-state index contributed by atoms with van der Waals surface area (Å²) in [5, 5.41) is 17.7. The van der Waals surface area contributed by atoms with Gasteiger partial charge in [-0.15, -0.1) is 0 Å². The van der Waals surface area contributed by atoms with Crippen LogP contribution in [0.4, 0.5) is 0 Å². The van der Waals surface area contributed by atoms with Gasteiger partial charge in [-0.3, -0.25) is 19.9 Å². The van der Waals surface area contributed by atoms with E-state index in [-0.39, 0.29) is 16.6 Å². The number of carbonyl (C=O) groups is 1. The molecule has 9 heteroatoms. The molecule has 3 aromatic rings. The fraction of sp³-hybridized carbons (Fsp3) is 0.429. The summed E-state index contributed by atoms with van der Waals surface area (Å²) in [6, 6.07) is 5.62. The molecule has 1 fully saturated rings. The number of carbonyl (C=O) groups excluding carboxylic acids is 1. The summed E-state index contributed by atoms with van der Waals surface area (Å²) in [7, 11) is 0. The Morgan fingerprint density at radius 3 is 2.77 bits per heavy atom. The van der Waals surface area contributed by atoms with Crippen LogP contribution in [0.2, 0.25) is 5.02 Å². The number of nitrogens with zero attached hydrogens (tertiary/aromatic N) is 4. The zero-order valence-corrected chi connectivity index (χ0v) is 18.9. The lowest BCUT2D eigenvalue weighted by molar-refractivity contribution is -0.129. The fourth-order valence-corrected chi connectivity index (χ4v) is 5.12. The van der Waals surface area contributed by atoms with Gasteiger partial charge in [0.05, 0.1) is 16.3 Å². The molecule has 1 aromatic carbocycles. The first-order chi connectivity index (χ1) is 14.4. The molecule has 0 bridgehead atoms. The molecular weight excluding hydrogens is 420 g/mol. The molecule has 7 nitrogen and oxygen atoms in total. The number of fused-ring (bicyclic) bond motifs is 1. The van der Waals surface area contributed by atoms with E-state index in [0.29, 0.717) is 27.6 Å². The molecule has 0 saturated carbocycles. The molecule has 0 radical (unpaired) electrons. The first-order valence-corrected chi connectivity index (χ1v) is 11.4. The molecule has 0 aliphatic carbocycles. The second kappa shape index (κ2) is 8.43. The van der Waals surface area contributed by atoms with E-state index in [4.69, 9.17) is 22.0 Å². The van der Waals surface area contributed by atoms with Crippen LogP contribution in [0.3, 0.4) is 0 Å². The summed E-state index contributed by atoms with van der Waals surface area (Å²) in [6.45, 7) is 7.45. The molecule has 0 spiro atoms. The van der Waals surface area contributed by atoms with Crippen molar-refractivity contribution >= 4 is 40.3 Å². The quantitative estimate of drug-likeness (QED) is 0.459. The Morgan fingerprint density at radius 2 is 2.07 bits per heavy atom. The second-order valence-electron chi connectivity index (χ2n) is 7.56. The number of hydrogen-bond acceptors (Lipinski definition) is 5. The summed E-state index contributed by atoms with van der Waals surface area (Å²) in [4.78, 5) is 19.8. The van der Waals surface area contributed by atoms with Gasteiger partial charge in [-0.1, -0.05) is 36.4 Å². The molecule has 1 saturated heterocycles. The van der Waals surface area contributed by atoms with E-state index in [0.717, 1.165) is 42.9 Å². The van der Waals surface area contributed by atoms with Gasteiger partial charge in [0.1, 0.15) is 5.49 Å². The minimum Gasteiger partial charge on any atom is -0.342 e. The minimum absolute atomic E-state index is 0.140. The largest absolute Gasteiger partial charge is 0.342 e. The molecule has 1 aliphatic heterocycles. The van der Waals surface area contributed by atoms with Gasteiger partial charge in [0.2, 0.25) is 5.91 Å². The number of aromatic amines is 1. The number of benzene rings is 1. The highest BCUT2D eigenvalue weighted by Gasteiger charge is 2.28. The van der Waals surface area contributed by atoms with E-state index in [9.17, 15) is 4.79 Å². The number of likely N-dealkylation sites (tertiary alicyclic amines) is 1. The number of aromatic nitrogens is 4. The molecule has 30 heavy (non-hydrogen) atoms. The van der Waals surface area contributed by atoms with Crippen LogP contribution in [0.15, 0.2) is 23.4 Å². The standard InChI is InChI=1S/C21H25ClN6OS/c1-4-16(20(29)27-10-5-6-11-27)30-21-24-19-17(13(3)25-26-19)18(23)28(21)15-9-7-8-14(22)12(15)2/h7-9,16,23H,4-6,10-11H2,1-3H3,(H,25,26). The Balaban J connectivity index is 1.87. The summed E-state index contributed by atoms with van der Waals surface area (Å²) in [5.74, 6) is 0.140. The molecule has 1 unspecified atom stereocenters. The third-order valence-electron chi connectivity index (χ3n) is 5.57. The zero-order chi connectivity index (χ0) is 21.4. The highest BCUT2D eigenvalue weighted by Crippen LogP contribution is 2.31. The number of rotatable bonds is 5. The fourth-order valence-electron chi connectivity index (χ4n) is 3.85. The monoisotopic (exact) mass is 444 g/mol. The van der Waals surface area contributed by atoms with Crippen molar-refractivity contribution in [2.75, 3.05) is 13.1 Å². The van der Waals surface area contributed by atoms with Crippen molar-refractivity contribution in [3.05, 3.63) is 40.0 Å². The van der Waals surface area contributed by atoms with Crippen LogP contribution in [0.5, 0.6) is 0 Å². The Bertz CT molecular complexity index is 1160. The lowest BCUT2D eigenvalue weighted by atomic mass is 10.2. The van der Waals surface area contributed by atoms with Crippen molar-refractivity contribution in [1.29, 1.82) is 5.41 Å². The maximum Gasteiger partial charge on any atom is 0.236 e. The first kappa shape index (κ1) is 20.9. The molecule has 1 atom stereocenters. The van der Waals surface area contributed by atoms with E-state index in [1.54, 1.807) is 4.57 Å². The van der Waals surface area contributed by atoms with Gasteiger partial charge in [-0.05, 0) is 50.8 Å². The van der Waals surface area contributed by atoms with Gasteiger partial charge in [0.15, 0.2) is 10.8 Å². The van der Waals surface area contributed by atoms with Crippen LogP contribution < -0.4 is 5.49 Å². The van der Waals surface area contributed by atoms with Gasteiger partial charge in [0, 0.05) is 23.8 Å². The lowest BCUT2D eigenvalue weighted by Gasteiger charge is -2.23. The summed E-state index contributed by atoms with van der Waals surface area (Å²) >= 11 is 7.79. The summed E-state index contributed by atoms with van der Waals surface area (Å²) in [6.07, 6.45) is 2.80. The Labute approximate surface area is 184 Å². The van der Waals surface area contributed by atoms with Crippen molar-refractivity contribution in [1.82, 2.24) is 24.6 Å². The second-order valence-corrected chi connectivity index (χ2v) is 9.13.